The van der Waals surface area contributed by atoms with E-state index < -0.39 is 0 Å². The first-order chi connectivity index (χ1) is 12.7. The second-order valence-electron chi connectivity index (χ2n) is 6.14. The number of nitrogens with zero attached hydrogens (tertiary/aromatic N) is 1. The first-order valence-electron chi connectivity index (χ1n) is 8.44. The van der Waals surface area contributed by atoms with E-state index in [1.54, 1.807) is 7.11 Å². The van der Waals surface area contributed by atoms with Crippen LogP contribution in [0.25, 0.3) is 22.4 Å². The van der Waals surface area contributed by atoms with Gasteiger partial charge in [-0.25, -0.2) is 4.98 Å². The molecule has 5 nitrogen and oxygen atoms in total. The predicted molar refractivity (Wildman–Crippen MR) is 128 cm³/mol. The Morgan fingerprint density at radius 2 is 1.62 bits per heavy atom. The Morgan fingerprint density at radius 1 is 0.931 bits per heavy atom. The highest BCUT2D eigenvalue weighted by Gasteiger charge is 2.06. The van der Waals surface area contributed by atoms with Gasteiger partial charge in [-0.1, -0.05) is 12.1 Å². The van der Waals surface area contributed by atoms with Crippen LogP contribution in [0.3, 0.4) is 0 Å². The van der Waals surface area contributed by atoms with Gasteiger partial charge in [-0.05, 0) is 60.2 Å². The predicted octanol–water partition coefficient (Wildman–Crippen LogP) is 5.70. The Morgan fingerprint density at radius 3 is 2.28 bits per heavy atom. The number of nitrogen functional groups attached to an aromatic ring is 1. The molecular weight excluding hydrogens is 431 g/mol. The highest BCUT2D eigenvalue weighted by Crippen LogP contribution is 2.24. The van der Waals surface area contributed by atoms with Crippen LogP contribution in [-0.4, -0.2) is 17.1 Å². The Hall–Kier alpha value is -2.60. The lowest BCUT2D eigenvalue weighted by Gasteiger charge is -2.06. The summed E-state index contributed by atoms with van der Waals surface area (Å²) in [5, 5.41) is 3.43. The molecule has 0 unspecified atom stereocenters. The maximum absolute atomic E-state index is 5.72. The van der Waals surface area contributed by atoms with Gasteiger partial charge in [0.25, 0.3) is 0 Å². The number of fused-ring (bicyclic) bond motifs is 1. The molecule has 0 saturated heterocycles. The van der Waals surface area contributed by atoms with Gasteiger partial charge in [0.05, 0.1) is 18.1 Å². The number of H-pyrrole nitrogens is 1. The molecule has 3 aromatic carbocycles. The molecule has 0 aliphatic heterocycles. The summed E-state index contributed by atoms with van der Waals surface area (Å²) in [5.41, 5.74) is 11.7. The van der Waals surface area contributed by atoms with Crippen LogP contribution in [0.1, 0.15) is 5.56 Å². The van der Waals surface area contributed by atoms with Gasteiger partial charge in [0.15, 0.2) is 0 Å². The highest BCUT2D eigenvalue weighted by atomic mass is 35.5. The summed E-state index contributed by atoms with van der Waals surface area (Å²) in [4.78, 5) is 8.06. The fraction of sp³-hybridized carbons (Fsp3) is 0.0952. The zero-order valence-electron chi connectivity index (χ0n) is 15.7. The van der Waals surface area contributed by atoms with E-state index in [9.17, 15) is 0 Å². The number of ether oxygens (including phenoxy) is 1. The third-order valence-corrected chi connectivity index (χ3v) is 4.32. The first kappa shape index (κ1) is 24.4. The molecule has 0 radical (unpaired) electrons. The number of methoxy groups -OCH3 is 1. The van der Waals surface area contributed by atoms with Crippen LogP contribution >= 0.6 is 37.2 Å². The lowest BCUT2D eigenvalue weighted by atomic mass is 10.2. The van der Waals surface area contributed by atoms with Gasteiger partial charge in [0.2, 0.25) is 0 Å². The highest BCUT2D eigenvalue weighted by molar-refractivity contribution is 5.86. The molecule has 0 aliphatic carbocycles. The SMILES string of the molecule is COc1ccc(-c2nc3ccc(NCc4ccc(N)cc4)cc3[nH]2)cc1.Cl.Cl.Cl. The zero-order valence-corrected chi connectivity index (χ0v) is 18.2. The normalized spacial score (nSPS) is 9.69. The lowest BCUT2D eigenvalue weighted by Crippen LogP contribution is -1.99. The Kier molecular flexibility index (Phi) is 9.11. The van der Waals surface area contributed by atoms with Crippen molar-refractivity contribution >= 4 is 59.6 Å². The van der Waals surface area contributed by atoms with Gasteiger partial charge < -0.3 is 20.8 Å². The largest absolute Gasteiger partial charge is 0.497 e. The summed E-state index contributed by atoms with van der Waals surface area (Å²) < 4.78 is 5.20. The van der Waals surface area contributed by atoms with Crippen molar-refractivity contribution < 1.29 is 4.74 Å². The van der Waals surface area contributed by atoms with E-state index in [-0.39, 0.29) is 37.2 Å². The fourth-order valence-corrected chi connectivity index (χ4v) is 2.84. The van der Waals surface area contributed by atoms with Gasteiger partial charge >= 0.3 is 0 Å². The minimum absolute atomic E-state index is 0. The average Bonchev–Trinajstić information content (AvgIpc) is 3.11. The number of imidazole rings is 1. The van der Waals surface area contributed by atoms with Crippen LogP contribution in [0, 0.1) is 0 Å². The molecule has 4 rings (SSSR count). The molecule has 29 heavy (non-hydrogen) atoms. The van der Waals surface area contributed by atoms with Crippen LogP contribution in [0.5, 0.6) is 5.75 Å². The third-order valence-electron chi connectivity index (χ3n) is 4.32. The molecule has 0 fully saturated rings. The van der Waals surface area contributed by atoms with E-state index in [0.29, 0.717) is 0 Å². The number of benzene rings is 3. The molecule has 4 N–H and O–H groups in total. The van der Waals surface area contributed by atoms with Gasteiger partial charge in [0, 0.05) is 23.5 Å². The van der Waals surface area contributed by atoms with Crippen LogP contribution in [0.15, 0.2) is 66.7 Å². The monoisotopic (exact) mass is 452 g/mol. The van der Waals surface area contributed by atoms with E-state index in [4.69, 9.17) is 10.5 Å². The third kappa shape index (κ3) is 5.70. The van der Waals surface area contributed by atoms with Crippen molar-refractivity contribution in [1.29, 1.82) is 0 Å². The number of rotatable bonds is 5. The smallest absolute Gasteiger partial charge is 0.138 e. The summed E-state index contributed by atoms with van der Waals surface area (Å²) >= 11 is 0. The minimum atomic E-state index is 0. The number of anilines is 2. The van der Waals surface area contributed by atoms with Crippen LogP contribution in [0.2, 0.25) is 0 Å². The first-order valence-corrected chi connectivity index (χ1v) is 8.44. The van der Waals surface area contributed by atoms with Crippen molar-refractivity contribution in [2.24, 2.45) is 0 Å². The molecule has 4 aromatic rings. The average molecular weight is 454 g/mol. The molecule has 0 aliphatic rings. The van der Waals surface area contributed by atoms with Crippen molar-refractivity contribution in [3.63, 3.8) is 0 Å². The number of nitrogens with two attached hydrogens (primary N) is 1. The maximum atomic E-state index is 5.72. The molecule has 154 valence electrons. The van der Waals surface area contributed by atoms with E-state index in [2.05, 4.69) is 21.4 Å². The summed E-state index contributed by atoms with van der Waals surface area (Å²) in [6.45, 7) is 0.741. The standard InChI is InChI=1S/C21H20N4O.3ClH/c1-26-18-9-4-15(5-10-18)21-24-19-11-8-17(12-20(19)25-21)23-13-14-2-6-16(22)7-3-14;;;/h2-12,23H,13,22H2,1H3,(H,24,25);3*1H. The van der Waals surface area contributed by atoms with E-state index in [1.807, 2.05) is 60.7 Å². The molecule has 0 atom stereocenters. The second-order valence-corrected chi connectivity index (χ2v) is 6.14. The van der Waals surface area contributed by atoms with Gasteiger partial charge in [-0.2, -0.15) is 0 Å². The van der Waals surface area contributed by atoms with Crippen molar-refractivity contribution in [2.75, 3.05) is 18.2 Å². The van der Waals surface area contributed by atoms with Gasteiger partial charge in [0.1, 0.15) is 11.6 Å². The molecule has 8 heteroatoms. The quantitative estimate of drug-likeness (QED) is 0.339. The van der Waals surface area contributed by atoms with E-state index in [1.165, 1.54) is 5.56 Å². The van der Waals surface area contributed by atoms with Gasteiger partial charge in [-0.3, -0.25) is 0 Å². The summed E-state index contributed by atoms with van der Waals surface area (Å²) in [5.74, 6) is 1.68. The van der Waals surface area contributed by atoms with E-state index in [0.717, 1.165) is 46.1 Å². The topological polar surface area (TPSA) is 76.0 Å². The fourth-order valence-electron chi connectivity index (χ4n) is 2.84. The number of aromatic nitrogens is 2. The zero-order chi connectivity index (χ0) is 17.9. The number of hydrogen-bond donors (Lipinski definition) is 3. The lowest BCUT2D eigenvalue weighted by molar-refractivity contribution is 0.415. The second kappa shape index (κ2) is 10.8. The van der Waals surface area contributed by atoms with Crippen molar-refractivity contribution in [1.82, 2.24) is 9.97 Å². The molecule has 0 bridgehead atoms. The molecule has 1 heterocycles. The molecule has 0 amide bonds. The minimum Gasteiger partial charge on any atom is -0.497 e. The van der Waals surface area contributed by atoms with Crippen LogP contribution in [-0.2, 0) is 6.54 Å². The molecule has 0 saturated carbocycles. The summed E-state index contributed by atoms with van der Waals surface area (Å²) in [6.07, 6.45) is 0. The number of nitrogens with one attached hydrogen (secondary N) is 2. The Labute approximate surface area is 188 Å². The number of hydrogen-bond acceptors (Lipinski definition) is 4. The number of halogens is 3. The van der Waals surface area contributed by atoms with Crippen molar-refractivity contribution in [3.8, 4) is 17.1 Å². The Bertz CT molecular complexity index is 1030. The Balaban J connectivity index is 0.00000140. The van der Waals surface area contributed by atoms with E-state index >= 15 is 0 Å². The van der Waals surface area contributed by atoms with Gasteiger partial charge in [-0.15, -0.1) is 37.2 Å². The van der Waals surface area contributed by atoms with Crippen LogP contribution < -0.4 is 15.8 Å². The summed E-state index contributed by atoms with van der Waals surface area (Å²) in [7, 11) is 1.66. The maximum Gasteiger partial charge on any atom is 0.138 e. The van der Waals surface area contributed by atoms with Crippen LogP contribution in [0.4, 0.5) is 11.4 Å². The number of aromatic amines is 1. The summed E-state index contributed by atoms with van der Waals surface area (Å²) in [6, 6.07) is 21.9. The van der Waals surface area contributed by atoms with Crippen molar-refractivity contribution in [3.05, 3.63) is 72.3 Å². The molecule has 1 aromatic heterocycles. The molecular formula is C21H23Cl3N4O. The van der Waals surface area contributed by atoms with Crippen molar-refractivity contribution in [2.45, 2.75) is 6.54 Å². The molecule has 0 spiro atoms.